The van der Waals surface area contributed by atoms with Crippen molar-refractivity contribution in [2.24, 2.45) is 0 Å². The molecule has 0 bridgehead atoms. The number of thioether (sulfide) groups is 1. The summed E-state index contributed by atoms with van der Waals surface area (Å²) in [4.78, 5) is 37.2. The fraction of sp³-hybridized carbons (Fsp3) is 0.227. The molecule has 8 heteroatoms. The second kappa shape index (κ2) is 9.98. The molecular formula is C22H21NO6S. The van der Waals surface area contributed by atoms with Crippen molar-refractivity contribution in [1.82, 2.24) is 4.90 Å². The Morgan fingerprint density at radius 1 is 1.13 bits per heavy atom. The number of methoxy groups -OCH3 is 1. The van der Waals surface area contributed by atoms with Crippen LogP contribution in [0.4, 0.5) is 4.79 Å². The van der Waals surface area contributed by atoms with Crippen molar-refractivity contribution in [3.05, 3.63) is 64.6 Å². The summed E-state index contributed by atoms with van der Waals surface area (Å²) in [6, 6.07) is 14.8. The molecule has 3 rings (SSSR count). The van der Waals surface area contributed by atoms with Crippen LogP contribution in [-0.4, -0.2) is 47.4 Å². The van der Waals surface area contributed by atoms with Crippen LogP contribution in [0.25, 0.3) is 6.08 Å². The van der Waals surface area contributed by atoms with E-state index in [1.54, 1.807) is 24.3 Å². The van der Waals surface area contributed by atoms with Crippen molar-refractivity contribution in [2.45, 2.75) is 12.8 Å². The van der Waals surface area contributed by atoms with Gasteiger partial charge in [0.05, 0.1) is 12.0 Å². The fourth-order valence-corrected chi connectivity index (χ4v) is 3.83. The van der Waals surface area contributed by atoms with Crippen LogP contribution in [0.5, 0.6) is 11.5 Å². The number of hydrogen-bond donors (Lipinski definition) is 1. The van der Waals surface area contributed by atoms with Crippen LogP contribution in [-0.2, 0) is 16.0 Å². The van der Waals surface area contributed by atoms with E-state index in [-0.39, 0.29) is 16.9 Å². The molecule has 0 unspecified atom stereocenters. The molecule has 1 saturated heterocycles. The molecule has 1 fully saturated rings. The smallest absolute Gasteiger partial charge is 0.341 e. The molecule has 0 spiro atoms. The van der Waals surface area contributed by atoms with Gasteiger partial charge in [0.25, 0.3) is 11.1 Å². The Balaban J connectivity index is 1.66. The van der Waals surface area contributed by atoms with Crippen molar-refractivity contribution in [2.75, 3.05) is 20.3 Å². The first-order valence-electron chi connectivity index (χ1n) is 9.30. The minimum absolute atomic E-state index is 0.283. The summed E-state index contributed by atoms with van der Waals surface area (Å²) in [5.41, 5.74) is 1.81. The first kappa shape index (κ1) is 21.4. The van der Waals surface area contributed by atoms with Crippen molar-refractivity contribution in [3.63, 3.8) is 0 Å². The average Bonchev–Trinajstić information content (AvgIpc) is 3.00. The van der Waals surface area contributed by atoms with Gasteiger partial charge in [0.1, 0.15) is 0 Å². The number of rotatable bonds is 9. The maximum Gasteiger partial charge on any atom is 0.341 e. The average molecular weight is 427 g/mol. The number of carboxylic acid groups (broad SMARTS) is 1. The lowest BCUT2D eigenvalue weighted by atomic mass is 10.1. The molecule has 1 aliphatic rings. The van der Waals surface area contributed by atoms with Crippen molar-refractivity contribution in [3.8, 4) is 11.5 Å². The summed E-state index contributed by atoms with van der Waals surface area (Å²) in [6.07, 6.45) is 3.10. The molecule has 2 aromatic rings. The molecule has 0 saturated carbocycles. The number of ether oxygens (including phenoxy) is 2. The number of nitrogens with zero attached hydrogens (tertiary/aromatic N) is 1. The van der Waals surface area contributed by atoms with Gasteiger partial charge >= 0.3 is 5.97 Å². The van der Waals surface area contributed by atoms with Gasteiger partial charge < -0.3 is 14.6 Å². The summed E-state index contributed by atoms with van der Waals surface area (Å²) in [7, 11) is 1.44. The van der Waals surface area contributed by atoms with Gasteiger partial charge in [-0.15, -0.1) is 0 Å². The Morgan fingerprint density at radius 2 is 1.90 bits per heavy atom. The summed E-state index contributed by atoms with van der Waals surface area (Å²) < 4.78 is 10.4. The summed E-state index contributed by atoms with van der Waals surface area (Å²) in [5.74, 6) is -0.788. The van der Waals surface area contributed by atoms with Crippen LogP contribution in [0.2, 0.25) is 0 Å². The van der Waals surface area contributed by atoms with Crippen LogP contribution in [0, 0.1) is 0 Å². The van der Waals surface area contributed by atoms with E-state index in [9.17, 15) is 14.4 Å². The predicted octanol–water partition coefficient (Wildman–Crippen LogP) is 3.83. The Hall–Kier alpha value is -3.26. The third kappa shape index (κ3) is 5.42. The minimum Gasteiger partial charge on any atom is -0.493 e. The number of aryl methyl sites for hydroxylation is 1. The van der Waals surface area contributed by atoms with E-state index in [0.29, 0.717) is 29.2 Å². The summed E-state index contributed by atoms with van der Waals surface area (Å²) in [5, 5.41) is 8.45. The van der Waals surface area contributed by atoms with E-state index in [4.69, 9.17) is 14.6 Å². The topological polar surface area (TPSA) is 93.1 Å². The third-order valence-corrected chi connectivity index (χ3v) is 5.31. The zero-order chi connectivity index (χ0) is 21.5. The third-order valence-electron chi connectivity index (χ3n) is 4.40. The first-order chi connectivity index (χ1) is 14.5. The number of carbonyl (C=O) groups excluding carboxylic acids is 2. The molecule has 1 aliphatic heterocycles. The van der Waals surface area contributed by atoms with Crippen LogP contribution < -0.4 is 9.47 Å². The van der Waals surface area contributed by atoms with Crippen molar-refractivity contribution >= 4 is 35.0 Å². The van der Waals surface area contributed by atoms with Gasteiger partial charge in [0, 0.05) is 6.54 Å². The van der Waals surface area contributed by atoms with E-state index in [1.165, 1.54) is 12.0 Å². The predicted molar refractivity (Wildman–Crippen MR) is 114 cm³/mol. The number of hydrogen-bond acceptors (Lipinski definition) is 6. The quantitative estimate of drug-likeness (QED) is 0.608. The minimum atomic E-state index is -1.10. The standard InChI is InChI=1S/C22H21NO6S/c1-28-18-12-16(9-10-17(18)29-14-20(24)25)13-19-21(26)23(22(27)30-19)11-5-8-15-6-3-2-4-7-15/h2-4,6-7,9-10,12-13H,5,8,11,14H2,1H3,(H,24,25)/b19-13-. The largest absolute Gasteiger partial charge is 0.493 e. The molecule has 2 aromatic carbocycles. The Labute approximate surface area is 178 Å². The number of imide groups is 1. The Morgan fingerprint density at radius 3 is 2.60 bits per heavy atom. The number of carboxylic acids is 1. The SMILES string of the molecule is COc1cc(/C=C2\SC(=O)N(CCCc3ccccc3)C2=O)ccc1OCC(=O)O. The Kier molecular flexibility index (Phi) is 7.13. The highest BCUT2D eigenvalue weighted by molar-refractivity contribution is 8.18. The molecule has 156 valence electrons. The zero-order valence-electron chi connectivity index (χ0n) is 16.4. The highest BCUT2D eigenvalue weighted by atomic mass is 32.2. The number of carbonyl (C=O) groups is 3. The van der Waals surface area contributed by atoms with Crippen molar-refractivity contribution < 1.29 is 29.0 Å². The van der Waals surface area contributed by atoms with Crippen molar-refractivity contribution in [1.29, 1.82) is 0 Å². The van der Waals surface area contributed by atoms with Gasteiger partial charge in [-0.3, -0.25) is 14.5 Å². The van der Waals surface area contributed by atoms with Gasteiger partial charge in [0.15, 0.2) is 18.1 Å². The second-order valence-corrected chi connectivity index (χ2v) is 7.51. The molecule has 7 nitrogen and oxygen atoms in total. The summed E-state index contributed by atoms with van der Waals surface area (Å²) >= 11 is 0.903. The second-order valence-electron chi connectivity index (χ2n) is 6.52. The molecule has 30 heavy (non-hydrogen) atoms. The molecule has 0 aromatic heterocycles. The van der Waals surface area contributed by atoms with Crippen LogP contribution in [0.1, 0.15) is 17.5 Å². The van der Waals surface area contributed by atoms with E-state index in [1.807, 2.05) is 30.3 Å². The van der Waals surface area contributed by atoms with E-state index >= 15 is 0 Å². The summed E-state index contributed by atoms with van der Waals surface area (Å²) in [6.45, 7) is -0.125. The highest BCUT2D eigenvalue weighted by Crippen LogP contribution is 2.34. The Bertz CT molecular complexity index is 973. The lowest BCUT2D eigenvalue weighted by molar-refractivity contribution is -0.139. The molecular weight excluding hydrogens is 406 g/mol. The normalized spacial score (nSPS) is 15.0. The molecule has 0 aliphatic carbocycles. The number of benzene rings is 2. The molecule has 1 N–H and O–H groups in total. The van der Waals surface area contributed by atoms with Crippen LogP contribution in [0.15, 0.2) is 53.4 Å². The molecule has 0 atom stereocenters. The van der Waals surface area contributed by atoms with E-state index in [2.05, 4.69) is 0 Å². The van der Waals surface area contributed by atoms with E-state index < -0.39 is 12.6 Å². The zero-order valence-corrected chi connectivity index (χ0v) is 17.2. The van der Waals surface area contributed by atoms with Crippen LogP contribution in [0.3, 0.4) is 0 Å². The van der Waals surface area contributed by atoms with Gasteiger partial charge in [-0.05, 0) is 53.9 Å². The van der Waals surface area contributed by atoms with E-state index in [0.717, 1.165) is 23.7 Å². The highest BCUT2D eigenvalue weighted by Gasteiger charge is 2.34. The maximum absolute atomic E-state index is 12.7. The van der Waals surface area contributed by atoms with Gasteiger partial charge in [-0.1, -0.05) is 36.4 Å². The van der Waals surface area contributed by atoms with Crippen LogP contribution >= 0.6 is 11.8 Å². The first-order valence-corrected chi connectivity index (χ1v) is 10.1. The monoisotopic (exact) mass is 427 g/mol. The molecule has 0 radical (unpaired) electrons. The maximum atomic E-state index is 12.7. The lowest BCUT2D eigenvalue weighted by Crippen LogP contribution is -2.29. The fourth-order valence-electron chi connectivity index (χ4n) is 2.96. The van der Waals surface area contributed by atoms with Gasteiger partial charge in [-0.2, -0.15) is 0 Å². The van der Waals surface area contributed by atoms with Gasteiger partial charge in [-0.25, -0.2) is 4.79 Å². The number of aliphatic carboxylic acids is 1. The van der Waals surface area contributed by atoms with Gasteiger partial charge in [0.2, 0.25) is 0 Å². The number of amides is 2. The molecule has 2 amide bonds. The lowest BCUT2D eigenvalue weighted by Gasteiger charge is -2.12. The molecule has 1 heterocycles.